The second kappa shape index (κ2) is 6.98. The molecule has 2 aromatic rings. The highest BCUT2D eigenvalue weighted by molar-refractivity contribution is 5.68. The summed E-state index contributed by atoms with van der Waals surface area (Å²) in [6, 6.07) is 12.3. The van der Waals surface area contributed by atoms with E-state index in [0.717, 1.165) is 16.9 Å². The molecular formula is C21H24FNO3. The standard InChI is InChI=1S/C21H24FNO3/c1-21(2,3)26-20(24)23(4)13-15-11-14-7-5-6-8-18(14)25-19-10-9-16(22)12-17(15)19/h5-10,12,15H,11,13H2,1-4H3/t15-/m1/s1. The monoisotopic (exact) mass is 357 g/mol. The summed E-state index contributed by atoms with van der Waals surface area (Å²) in [5.41, 5.74) is 1.23. The Morgan fingerprint density at radius 1 is 1.23 bits per heavy atom. The summed E-state index contributed by atoms with van der Waals surface area (Å²) < 4.78 is 25.3. The average molecular weight is 357 g/mol. The van der Waals surface area contributed by atoms with Crippen LogP contribution in [0, 0.1) is 5.82 Å². The Morgan fingerprint density at radius 3 is 2.69 bits per heavy atom. The third-order valence-electron chi connectivity index (χ3n) is 4.27. The zero-order valence-corrected chi connectivity index (χ0v) is 15.6. The number of nitrogens with zero attached hydrogens (tertiary/aromatic N) is 1. The maximum atomic E-state index is 13.9. The Balaban J connectivity index is 1.90. The van der Waals surface area contributed by atoms with Crippen LogP contribution in [0.5, 0.6) is 11.5 Å². The molecule has 1 heterocycles. The number of hydrogen-bond donors (Lipinski definition) is 0. The molecule has 1 atom stereocenters. The number of hydrogen-bond acceptors (Lipinski definition) is 3. The van der Waals surface area contributed by atoms with Crippen molar-refractivity contribution in [2.45, 2.75) is 38.7 Å². The summed E-state index contributed by atoms with van der Waals surface area (Å²) in [4.78, 5) is 13.9. The van der Waals surface area contributed by atoms with Crippen LogP contribution in [0.25, 0.3) is 0 Å². The second-order valence-electron chi connectivity index (χ2n) is 7.65. The van der Waals surface area contributed by atoms with E-state index in [-0.39, 0.29) is 11.7 Å². The third-order valence-corrected chi connectivity index (χ3v) is 4.27. The van der Waals surface area contributed by atoms with Gasteiger partial charge in [-0.25, -0.2) is 9.18 Å². The van der Waals surface area contributed by atoms with E-state index < -0.39 is 11.7 Å². The number of para-hydroxylation sites is 1. The van der Waals surface area contributed by atoms with Gasteiger partial charge < -0.3 is 14.4 Å². The first-order valence-corrected chi connectivity index (χ1v) is 8.72. The molecular weight excluding hydrogens is 333 g/mol. The number of likely N-dealkylation sites (N-methyl/N-ethyl adjacent to an activating group) is 1. The molecule has 1 aliphatic rings. The zero-order chi connectivity index (χ0) is 18.9. The molecule has 0 fully saturated rings. The van der Waals surface area contributed by atoms with Gasteiger partial charge in [-0.15, -0.1) is 0 Å². The third kappa shape index (κ3) is 4.15. The molecule has 0 N–H and O–H groups in total. The van der Waals surface area contributed by atoms with Crippen LogP contribution in [0.15, 0.2) is 42.5 Å². The molecule has 2 aromatic carbocycles. The molecule has 4 nitrogen and oxygen atoms in total. The summed E-state index contributed by atoms with van der Waals surface area (Å²) in [6.45, 7) is 5.90. The van der Waals surface area contributed by atoms with Crippen molar-refractivity contribution in [1.29, 1.82) is 0 Å². The smallest absolute Gasteiger partial charge is 0.410 e. The molecule has 0 aromatic heterocycles. The van der Waals surface area contributed by atoms with E-state index in [9.17, 15) is 9.18 Å². The molecule has 0 saturated carbocycles. The van der Waals surface area contributed by atoms with Crippen molar-refractivity contribution < 1.29 is 18.7 Å². The summed E-state index contributed by atoms with van der Waals surface area (Å²) >= 11 is 0. The Hall–Kier alpha value is -2.56. The molecule has 1 amide bonds. The van der Waals surface area contributed by atoms with Gasteiger partial charge in [0, 0.05) is 25.1 Å². The van der Waals surface area contributed by atoms with Crippen LogP contribution in [0.1, 0.15) is 37.8 Å². The molecule has 0 aliphatic carbocycles. The molecule has 0 saturated heterocycles. The summed E-state index contributed by atoms with van der Waals surface area (Å²) in [5, 5.41) is 0. The lowest BCUT2D eigenvalue weighted by Crippen LogP contribution is -2.36. The van der Waals surface area contributed by atoms with Gasteiger partial charge in [-0.2, -0.15) is 0 Å². The highest BCUT2D eigenvalue weighted by Crippen LogP contribution is 2.40. The quantitative estimate of drug-likeness (QED) is 0.748. The molecule has 0 unspecified atom stereocenters. The first-order valence-electron chi connectivity index (χ1n) is 8.72. The van der Waals surface area contributed by atoms with Gasteiger partial charge in [-0.1, -0.05) is 18.2 Å². The predicted octanol–water partition coefficient (Wildman–Crippen LogP) is 5.12. The van der Waals surface area contributed by atoms with Crippen LogP contribution in [-0.2, 0) is 11.2 Å². The fraction of sp³-hybridized carbons (Fsp3) is 0.381. The van der Waals surface area contributed by atoms with E-state index in [1.807, 2.05) is 45.0 Å². The summed E-state index contributed by atoms with van der Waals surface area (Å²) in [5.74, 6) is 0.979. The SMILES string of the molecule is CN(C[C@H]1Cc2ccccc2Oc2ccc(F)cc21)C(=O)OC(C)(C)C. The fourth-order valence-electron chi connectivity index (χ4n) is 3.11. The lowest BCUT2D eigenvalue weighted by atomic mass is 9.91. The minimum absolute atomic E-state index is 0.0955. The molecule has 138 valence electrons. The number of halogens is 1. The summed E-state index contributed by atoms with van der Waals surface area (Å²) in [7, 11) is 1.70. The predicted molar refractivity (Wildman–Crippen MR) is 98.2 cm³/mol. The normalized spacial score (nSPS) is 16.0. The summed E-state index contributed by atoms with van der Waals surface area (Å²) in [6.07, 6.45) is 0.258. The van der Waals surface area contributed by atoms with E-state index in [1.54, 1.807) is 18.0 Å². The van der Waals surface area contributed by atoms with Crippen LogP contribution in [0.3, 0.4) is 0 Å². The van der Waals surface area contributed by atoms with Gasteiger partial charge in [-0.3, -0.25) is 0 Å². The van der Waals surface area contributed by atoms with Gasteiger partial charge in [0.05, 0.1) is 0 Å². The zero-order valence-electron chi connectivity index (χ0n) is 15.6. The lowest BCUT2D eigenvalue weighted by Gasteiger charge is -2.27. The number of benzene rings is 2. The molecule has 3 rings (SSSR count). The van der Waals surface area contributed by atoms with Gasteiger partial charge >= 0.3 is 6.09 Å². The second-order valence-corrected chi connectivity index (χ2v) is 7.65. The first kappa shape index (κ1) is 18.2. The largest absolute Gasteiger partial charge is 0.457 e. The molecule has 26 heavy (non-hydrogen) atoms. The van der Waals surface area contributed by atoms with Gasteiger partial charge in [0.2, 0.25) is 0 Å². The van der Waals surface area contributed by atoms with Crippen molar-refractivity contribution >= 4 is 6.09 Å². The van der Waals surface area contributed by atoms with Crippen LogP contribution in [-0.4, -0.2) is 30.2 Å². The highest BCUT2D eigenvalue weighted by Gasteiger charge is 2.28. The number of ether oxygens (including phenoxy) is 2. The Bertz CT molecular complexity index is 813. The maximum Gasteiger partial charge on any atom is 0.410 e. The van der Waals surface area contributed by atoms with Gasteiger partial charge in [0.15, 0.2) is 0 Å². The van der Waals surface area contributed by atoms with Crippen LogP contribution in [0.4, 0.5) is 9.18 Å². The molecule has 5 heteroatoms. The van der Waals surface area contributed by atoms with E-state index in [4.69, 9.17) is 9.47 Å². The van der Waals surface area contributed by atoms with E-state index >= 15 is 0 Å². The van der Waals surface area contributed by atoms with E-state index in [0.29, 0.717) is 18.7 Å². The molecule has 0 bridgehead atoms. The molecule has 0 spiro atoms. The number of amides is 1. The van der Waals surface area contributed by atoms with Crippen molar-refractivity contribution in [2.24, 2.45) is 0 Å². The van der Waals surface area contributed by atoms with Crippen molar-refractivity contribution in [3.8, 4) is 11.5 Å². The van der Waals surface area contributed by atoms with Gasteiger partial charge in [0.1, 0.15) is 22.9 Å². The molecule has 0 radical (unpaired) electrons. The van der Waals surface area contributed by atoms with Crippen molar-refractivity contribution in [1.82, 2.24) is 4.90 Å². The Kier molecular flexibility index (Phi) is 4.90. The van der Waals surface area contributed by atoms with Crippen LogP contribution >= 0.6 is 0 Å². The first-order chi connectivity index (χ1) is 12.2. The Labute approximate surface area is 153 Å². The minimum atomic E-state index is -0.561. The number of fused-ring (bicyclic) bond motifs is 2. The minimum Gasteiger partial charge on any atom is -0.457 e. The maximum absolute atomic E-state index is 13.9. The number of carbonyl (C=O) groups is 1. The molecule has 1 aliphatic heterocycles. The van der Waals surface area contributed by atoms with Gasteiger partial charge in [0.25, 0.3) is 0 Å². The van der Waals surface area contributed by atoms with Crippen molar-refractivity contribution in [3.63, 3.8) is 0 Å². The fourth-order valence-corrected chi connectivity index (χ4v) is 3.11. The number of rotatable bonds is 2. The Morgan fingerprint density at radius 2 is 1.96 bits per heavy atom. The van der Waals surface area contributed by atoms with Crippen LogP contribution < -0.4 is 4.74 Å². The highest BCUT2D eigenvalue weighted by atomic mass is 19.1. The van der Waals surface area contributed by atoms with Crippen molar-refractivity contribution in [2.75, 3.05) is 13.6 Å². The topological polar surface area (TPSA) is 38.8 Å². The van der Waals surface area contributed by atoms with E-state index in [2.05, 4.69) is 0 Å². The van der Waals surface area contributed by atoms with Gasteiger partial charge in [-0.05, 0) is 57.0 Å². The van der Waals surface area contributed by atoms with E-state index in [1.165, 1.54) is 12.1 Å². The van der Waals surface area contributed by atoms with Crippen LogP contribution in [0.2, 0.25) is 0 Å². The number of carbonyl (C=O) groups excluding carboxylic acids is 1. The lowest BCUT2D eigenvalue weighted by molar-refractivity contribution is 0.0288. The average Bonchev–Trinajstić information content (AvgIpc) is 2.70. The van der Waals surface area contributed by atoms with Crippen molar-refractivity contribution in [3.05, 3.63) is 59.4 Å².